The highest BCUT2D eigenvalue weighted by molar-refractivity contribution is 5.99. The van der Waals surface area contributed by atoms with E-state index in [9.17, 15) is 9.18 Å². The van der Waals surface area contributed by atoms with Crippen molar-refractivity contribution in [2.24, 2.45) is 0 Å². The summed E-state index contributed by atoms with van der Waals surface area (Å²) in [7, 11) is 1.78. The van der Waals surface area contributed by atoms with Crippen LogP contribution in [0.3, 0.4) is 0 Å². The van der Waals surface area contributed by atoms with Crippen molar-refractivity contribution in [3.05, 3.63) is 59.5 Å². The molecule has 0 aliphatic carbocycles. The van der Waals surface area contributed by atoms with E-state index in [4.69, 9.17) is 0 Å². The van der Waals surface area contributed by atoms with Crippen molar-refractivity contribution in [1.82, 2.24) is 10.3 Å². The summed E-state index contributed by atoms with van der Waals surface area (Å²) >= 11 is 0. The third-order valence-corrected chi connectivity index (χ3v) is 3.71. The number of fused-ring (bicyclic) bond motifs is 1. The van der Waals surface area contributed by atoms with Crippen LogP contribution in [0.2, 0.25) is 0 Å². The van der Waals surface area contributed by atoms with Crippen LogP contribution in [0.15, 0.2) is 42.6 Å². The first-order valence-electron chi connectivity index (χ1n) is 6.86. The van der Waals surface area contributed by atoms with E-state index in [1.54, 1.807) is 30.3 Å². The van der Waals surface area contributed by atoms with Crippen LogP contribution >= 0.6 is 24.8 Å². The SMILES string of the molecule is CNC1Cc2cccnc2N(Cc2ccc(F)cc2)C1=O.Cl.Cl. The molecule has 2 aromatic rings. The molecule has 3 rings (SSSR count). The molecule has 0 radical (unpaired) electrons. The standard InChI is InChI=1S/C16H16FN3O.2ClH/c1-18-14-9-12-3-2-8-19-15(12)20(16(14)21)10-11-4-6-13(17)7-5-11;;/h2-8,14,18H,9-10H2,1H3;2*1H. The van der Waals surface area contributed by atoms with E-state index in [0.29, 0.717) is 18.8 Å². The minimum Gasteiger partial charge on any atom is -0.309 e. The highest BCUT2D eigenvalue weighted by Crippen LogP contribution is 2.26. The van der Waals surface area contributed by atoms with E-state index >= 15 is 0 Å². The molecule has 0 saturated carbocycles. The Morgan fingerprint density at radius 3 is 2.61 bits per heavy atom. The predicted octanol–water partition coefficient (Wildman–Crippen LogP) is 2.74. The zero-order valence-electron chi connectivity index (χ0n) is 12.5. The van der Waals surface area contributed by atoms with Crippen LogP contribution in [0.4, 0.5) is 10.2 Å². The second-order valence-corrected chi connectivity index (χ2v) is 5.08. The monoisotopic (exact) mass is 357 g/mol. The summed E-state index contributed by atoms with van der Waals surface area (Å²) in [6.07, 6.45) is 2.32. The molecular weight excluding hydrogens is 340 g/mol. The quantitative estimate of drug-likeness (QED) is 0.918. The molecular formula is C16H18Cl2FN3O. The van der Waals surface area contributed by atoms with Crippen molar-refractivity contribution >= 4 is 36.5 Å². The Morgan fingerprint density at radius 1 is 1.26 bits per heavy atom. The lowest BCUT2D eigenvalue weighted by atomic mass is 10.00. The Hall–Kier alpha value is -1.69. The van der Waals surface area contributed by atoms with Gasteiger partial charge in [-0.3, -0.25) is 9.69 Å². The number of rotatable bonds is 3. The Kier molecular flexibility index (Phi) is 6.94. The summed E-state index contributed by atoms with van der Waals surface area (Å²) < 4.78 is 13.0. The van der Waals surface area contributed by atoms with Gasteiger partial charge in [0.25, 0.3) is 0 Å². The van der Waals surface area contributed by atoms with Crippen LogP contribution in [-0.4, -0.2) is 24.0 Å². The maximum absolute atomic E-state index is 13.0. The topological polar surface area (TPSA) is 45.2 Å². The van der Waals surface area contributed by atoms with Crippen molar-refractivity contribution < 1.29 is 9.18 Å². The molecule has 7 heteroatoms. The third kappa shape index (κ3) is 3.99. The average Bonchev–Trinajstić information content (AvgIpc) is 2.51. The third-order valence-electron chi connectivity index (χ3n) is 3.71. The molecule has 1 amide bonds. The first kappa shape index (κ1) is 19.4. The lowest BCUT2D eigenvalue weighted by molar-refractivity contribution is -0.121. The normalized spacial score (nSPS) is 16.2. The molecule has 1 unspecified atom stereocenters. The van der Waals surface area contributed by atoms with Crippen LogP contribution in [0.1, 0.15) is 11.1 Å². The molecule has 1 aromatic heterocycles. The molecule has 0 spiro atoms. The van der Waals surface area contributed by atoms with Gasteiger partial charge < -0.3 is 5.32 Å². The zero-order chi connectivity index (χ0) is 14.8. The maximum atomic E-state index is 13.0. The van der Waals surface area contributed by atoms with Gasteiger partial charge in [-0.25, -0.2) is 9.37 Å². The summed E-state index contributed by atoms with van der Waals surface area (Å²) in [6, 6.07) is 9.79. The summed E-state index contributed by atoms with van der Waals surface area (Å²) in [5, 5.41) is 3.04. The second kappa shape index (κ2) is 8.24. The van der Waals surface area contributed by atoms with Crippen LogP contribution in [0, 0.1) is 5.82 Å². The van der Waals surface area contributed by atoms with Gasteiger partial charge in [0.05, 0.1) is 12.6 Å². The first-order valence-corrected chi connectivity index (χ1v) is 6.86. The number of hydrogen-bond acceptors (Lipinski definition) is 3. The number of nitrogens with one attached hydrogen (secondary N) is 1. The first-order chi connectivity index (χ1) is 10.2. The molecule has 23 heavy (non-hydrogen) atoms. The highest BCUT2D eigenvalue weighted by atomic mass is 35.5. The minimum atomic E-state index is -0.282. The number of nitrogens with zero attached hydrogens (tertiary/aromatic N) is 2. The number of carbonyl (C=O) groups excluding carboxylic acids is 1. The summed E-state index contributed by atoms with van der Waals surface area (Å²) in [4.78, 5) is 18.5. The molecule has 1 aliphatic heterocycles. The summed E-state index contributed by atoms with van der Waals surface area (Å²) in [5.41, 5.74) is 1.91. The fourth-order valence-electron chi connectivity index (χ4n) is 2.58. The second-order valence-electron chi connectivity index (χ2n) is 5.08. The number of benzene rings is 1. The van der Waals surface area contributed by atoms with Gasteiger partial charge in [-0.2, -0.15) is 0 Å². The number of amides is 1. The minimum absolute atomic E-state index is 0. The van der Waals surface area contributed by atoms with Gasteiger partial charge in [-0.1, -0.05) is 18.2 Å². The van der Waals surface area contributed by atoms with E-state index in [1.807, 2.05) is 12.1 Å². The van der Waals surface area contributed by atoms with E-state index in [0.717, 1.165) is 11.1 Å². The van der Waals surface area contributed by atoms with E-state index < -0.39 is 0 Å². The Balaban J connectivity index is 0.00000132. The van der Waals surface area contributed by atoms with E-state index in [1.165, 1.54) is 12.1 Å². The van der Waals surface area contributed by atoms with Gasteiger partial charge in [0.2, 0.25) is 5.91 Å². The molecule has 2 heterocycles. The van der Waals surface area contributed by atoms with Crippen molar-refractivity contribution in [1.29, 1.82) is 0 Å². The molecule has 1 N–H and O–H groups in total. The Bertz CT molecular complexity index is 667. The Morgan fingerprint density at radius 2 is 1.96 bits per heavy atom. The number of aromatic nitrogens is 1. The van der Waals surface area contributed by atoms with Crippen LogP contribution in [0.25, 0.3) is 0 Å². The largest absolute Gasteiger partial charge is 0.309 e. The predicted molar refractivity (Wildman–Crippen MR) is 92.9 cm³/mol. The van der Waals surface area contributed by atoms with Crippen LogP contribution in [-0.2, 0) is 17.8 Å². The van der Waals surface area contributed by atoms with Crippen molar-refractivity contribution in [2.45, 2.75) is 19.0 Å². The lowest BCUT2D eigenvalue weighted by Gasteiger charge is -2.33. The molecule has 0 saturated heterocycles. The maximum Gasteiger partial charge on any atom is 0.245 e. The number of carbonyl (C=O) groups is 1. The van der Waals surface area contributed by atoms with E-state index in [2.05, 4.69) is 10.3 Å². The fraction of sp³-hybridized carbons (Fsp3) is 0.250. The highest BCUT2D eigenvalue weighted by Gasteiger charge is 2.32. The molecule has 124 valence electrons. The van der Waals surface area contributed by atoms with Gasteiger partial charge in [0, 0.05) is 12.6 Å². The van der Waals surface area contributed by atoms with E-state index in [-0.39, 0.29) is 42.6 Å². The van der Waals surface area contributed by atoms with Gasteiger partial charge in [0.1, 0.15) is 11.6 Å². The molecule has 4 nitrogen and oxygen atoms in total. The molecule has 0 bridgehead atoms. The summed E-state index contributed by atoms with van der Waals surface area (Å²) in [6.45, 7) is 0.390. The zero-order valence-corrected chi connectivity index (χ0v) is 14.2. The number of halogens is 3. The molecule has 1 atom stereocenters. The van der Waals surface area contributed by atoms with Crippen molar-refractivity contribution in [3.8, 4) is 0 Å². The van der Waals surface area contributed by atoms with Crippen LogP contribution in [0.5, 0.6) is 0 Å². The van der Waals surface area contributed by atoms with Gasteiger partial charge in [-0.05, 0) is 36.4 Å². The smallest absolute Gasteiger partial charge is 0.245 e. The number of anilines is 1. The summed E-state index contributed by atoms with van der Waals surface area (Å²) in [5.74, 6) is 0.404. The van der Waals surface area contributed by atoms with Crippen molar-refractivity contribution in [2.75, 3.05) is 11.9 Å². The molecule has 1 aromatic carbocycles. The molecule has 0 fully saturated rings. The van der Waals surface area contributed by atoms with Gasteiger partial charge in [-0.15, -0.1) is 24.8 Å². The lowest BCUT2D eigenvalue weighted by Crippen LogP contribution is -2.50. The van der Waals surface area contributed by atoms with Gasteiger partial charge >= 0.3 is 0 Å². The van der Waals surface area contributed by atoms with Crippen molar-refractivity contribution in [3.63, 3.8) is 0 Å². The number of likely N-dealkylation sites (N-methyl/N-ethyl adjacent to an activating group) is 1. The Labute approximate surface area is 146 Å². The average molecular weight is 358 g/mol. The van der Waals surface area contributed by atoms with Crippen LogP contribution < -0.4 is 10.2 Å². The number of pyridine rings is 1. The number of hydrogen-bond donors (Lipinski definition) is 1. The van der Waals surface area contributed by atoms with Gasteiger partial charge in [0.15, 0.2) is 0 Å². The molecule has 1 aliphatic rings. The fourth-order valence-corrected chi connectivity index (χ4v) is 2.58.